The zero-order valence-corrected chi connectivity index (χ0v) is 16.6. The number of hydrazone groups is 1. The first-order chi connectivity index (χ1) is 12.7. The summed E-state index contributed by atoms with van der Waals surface area (Å²) in [6.45, 7) is 8.86. The largest absolute Gasteiger partial charge is 0.508 e. The molecule has 0 saturated heterocycles. The van der Waals surface area contributed by atoms with Gasteiger partial charge < -0.3 is 10.0 Å². The minimum absolute atomic E-state index is 0.0539. The van der Waals surface area contributed by atoms with Gasteiger partial charge in [0.2, 0.25) is 0 Å². The molecule has 0 fully saturated rings. The molecule has 27 heavy (non-hydrogen) atoms. The van der Waals surface area contributed by atoms with Crippen LogP contribution in [0.15, 0.2) is 41.5 Å². The molecule has 1 atom stereocenters. The van der Waals surface area contributed by atoms with Crippen molar-refractivity contribution < 1.29 is 9.90 Å². The van der Waals surface area contributed by atoms with Crippen molar-refractivity contribution in [2.75, 3.05) is 11.9 Å². The van der Waals surface area contributed by atoms with Crippen LogP contribution < -0.4 is 10.3 Å². The second-order valence-corrected chi connectivity index (χ2v) is 7.99. The molecule has 0 radical (unpaired) electrons. The summed E-state index contributed by atoms with van der Waals surface area (Å²) >= 11 is 0. The first-order valence-corrected chi connectivity index (χ1v) is 9.20. The Labute approximate surface area is 160 Å². The fourth-order valence-corrected chi connectivity index (χ4v) is 3.75. The number of phenolic OH excluding ortho intramolecular Hbond substituents is 1. The number of aromatic hydroxyl groups is 1. The fraction of sp³-hybridized carbons (Fsp3) is 0.364. The predicted molar refractivity (Wildman–Crippen MR) is 110 cm³/mol. The van der Waals surface area contributed by atoms with E-state index < -0.39 is 0 Å². The average Bonchev–Trinajstić information content (AvgIpc) is 2.60. The minimum Gasteiger partial charge on any atom is -0.508 e. The molecule has 2 N–H and O–H groups in total. The highest BCUT2D eigenvalue weighted by Crippen LogP contribution is 2.43. The summed E-state index contributed by atoms with van der Waals surface area (Å²) in [6.07, 6.45) is 2.77. The number of phenols is 1. The molecule has 0 bridgehead atoms. The molecule has 0 aliphatic carbocycles. The van der Waals surface area contributed by atoms with Crippen LogP contribution in [0.4, 0.5) is 5.69 Å². The van der Waals surface area contributed by atoms with Crippen molar-refractivity contribution in [3.8, 4) is 5.75 Å². The van der Waals surface area contributed by atoms with Crippen LogP contribution in [0.3, 0.4) is 0 Å². The van der Waals surface area contributed by atoms with Gasteiger partial charge in [-0.1, -0.05) is 13.0 Å². The lowest BCUT2D eigenvalue weighted by Crippen LogP contribution is -2.45. The van der Waals surface area contributed by atoms with E-state index in [2.05, 4.69) is 62.3 Å². The van der Waals surface area contributed by atoms with Gasteiger partial charge in [-0.05, 0) is 80.1 Å². The summed E-state index contributed by atoms with van der Waals surface area (Å²) in [6, 6.07) is 10.6. The van der Waals surface area contributed by atoms with Crippen LogP contribution in [0, 0.1) is 6.92 Å². The van der Waals surface area contributed by atoms with Gasteiger partial charge >= 0.3 is 0 Å². The smallest absolute Gasteiger partial charge is 0.271 e. The Morgan fingerprint density at radius 3 is 2.78 bits per heavy atom. The van der Waals surface area contributed by atoms with Gasteiger partial charge in [0.25, 0.3) is 5.91 Å². The van der Waals surface area contributed by atoms with Crippen molar-refractivity contribution in [1.29, 1.82) is 0 Å². The Morgan fingerprint density at radius 1 is 1.33 bits per heavy atom. The highest BCUT2D eigenvalue weighted by Gasteiger charge is 2.34. The van der Waals surface area contributed by atoms with E-state index in [0.717, 1.165) is 17.5 Å². The van der Waals surface area contributed by atoms with Gasteiger partial charge in [-0.2, -0.15) is 5.10 Å². The second-order valence-electron chi connectivity index (χ2n) is 7.99. The third kappa shape index (κ3) is 3.82. The van der Waals surface area contributed by atoms with Crippen molar-refractivity contribution in [3.63, 3.8) is 0 Å². The topological polar surface area (TPSA) is 64.9 Å². The summed E-state index contributed by atoms with van der Waals surface area (Å²) < 4.78 is 0. The van der Waals surface area contributed by atoms with Crippen LogP contribution in [0.5, 0.6) is 5.75 Å². The zero-order valence-electron chi connectivity index (χ0n) is 16.6. The molecule has 5 heteroatoms. The molecule has 1 heterocycles. The summed E-state index contributed by atoms with van der Waals surface area (Å²) in [5, 5.41) is 13.6. The van der Waals surface area contributed by atoms with Crippen LogP contribution in [0.1, 0.15) is 60.2 Å². The lowest BCUT2D eigenvalue weighted by Gasteiger charge is -2.45. The number of nitrogens with one attached hydrogen (secondary N) is 1. The van der Waals surface area contributed by atoms with Crippen molar-refractivity contribution in [1.82, 2.24) is 5.43 Å². The number of carbonyl (C=O) groups excluding carboxylic acids is 1. The number of anilines is 1. The van der Waals surface area contributed by atoms with E-state index in [1.807, 2.05) is 0 Å². The Bertz CT molecular complexity index is 902. The molecule has 0 spiro atoms. The third-order valence-corrected chi connectivity index (χ3v) is 5.50. The van der Waals surface area contributed by atoms with Crippen LogP contribution in [0.2, 0.25) is 0 Å². The van der Waals surface area contributed by atoms with Crippen LogP contribution >= 0.6 is 0 Å². The number of carbonyl (C=O) groups is 1. The van der Waals surface area contributed by atoms with Gasteiger partial charge in [-0.15, -0.1) is 0 Å². The summed E-state index contributed by atoms with van der Waals surface area (Å²) in [7, 11) is 2.15. The highest BCUT2D eigenvalue weighted by atomic mass is 16.3. The molecule has 1 amide bonds. The first-order valence-electron chi connectivity index (χ1n) is 9.20. The summed E-state index contributed by atoms with van der Waals surface area (Å²) in [5.41, 5.74) is 7.69. The Morgan fingerprint density at radius 2 is 2.07 bits per heavy atom. The normalized spacial score (nSPS) is 18.4. The Balaban J connectivity index is 1.81. The maximum Gasteiger partial charge on any atom is 0.271 e. The maximum atomic E-state index is 12.1. The average molecular weight is 365 g/mol. The van der Waals surface area contributed by atoms with Gasteiger partial charge in [-0.3, -0.25) is 4.79 Å². The van der Waals surface area contributed by atoms with Crippen molar-refractivity contribution >= 4 is 17.8 Å². The van der Waals surface area contributed by atoms with Gasteiger partial charge in [-0.25, -0.2) is 5.43 Å². The summed E-state index contributed by atoms with van der Waals surface area (Å²) in [5.74, 6) is 0.159. The third-order valence-electron chi connectivity index (χ3n) is 5.50. The summed E-state index contributed by atoms with van der Waals surface area (Å²) in [4.78, 5) is 14.5. The lowest BCUT2D eigenvalue weighted by atomic mass is 9.79. The van der Waals surface area contributed by atoms with E-state index in [0.29, 0.717) is 11.5 Å². The number of amides is 1. The SMILES string of the molecule is Cc1cc2c(cc1/C=N/NC(=O)c1cccc(O)c1)C(C)CC(C)(C)N2C. The number of hydrogen-bond donors (Lipinski definition) is 2. The molecule has 1 unspecified atom stereocenters. The van der Waals surface area contributed by atoms with E-state index in [-0.39, 0.29) is 17.2 Å². The van der Waals surface area contributed by atoms with Gasteiger partial charge in [0.05, 0.1) is 6.21 Å². The molecule has 1 aliphatic heterocycles. The molecule has 2 aromatic rings. The highest BCUT2D eigenvalue weighted by molar-refractivity contribution is 5.95. The van der Waals surface area contributed by atoms with E-state index in [1.54, 1.807) is 18.3 Å². The number of rotatable bonds is 3. The van der Waals surface area contributed by atoms with Gasteiger partial charge in [0, 0.05) is 23.8 Å². The molecule has 2 aromatic carbocycles. The zero-order chi connectivity index (χ0) is 19.8. The van der Waals surface area contributed by atoms with E-state index in [4.69, 9.17) is 0 Å². The standard InChI is InChI=1S/C22H27N3O2/c1-14-9-20-19(15(2)12-22(3,4)25(20)5)11-17(14)13-23-24-21(27)16-7-6-8-18(26)10-16/h6-11,13,15,26H,12H2,1-5H3,(H,24,27)/b23-13+. The monoisotopic (exact) mass is 365 g/mol. The minimum atomic E-state index is -0.354. The Kier molecular flexibility index (Phi) is 4.96. The fourth-order valence-electron chi connectivity index (χ4n) is 3.75. The molecule has 5 nitrogen and oxygen atoms in total. The molecule has 3 rings (SSSR count). The van der Waals surface area contributed by atoms with Gasteiger partial charge in [0.15, 0.2) is 0 Å². The number of fused-ring (bicyclic) bond motifs is 1. The number of nitrogens with zero attached hydrogens (tertiary/aromatic N) is 2. The molecular formula is C22H27N3O2. The molecule has 1 aliphatic rings. The number of aryl methyl sites for hydroxylation is 1. The molecular weight excluding hydrogens is 338 g/mol. The molecule has 0 saturated carbocycles. The van der Waals surface area contributed by atoms with Crippen LogP contribution in [0.25, 0.3) is 0 Å². The van der Waals surface area contributed by atoms with E-state index in [1.165, 1.54) is 23.4 Å². The van der Waals surface area contributed by atoms with Crippen molar-refractivity contribution in [2.24, 2.45) is 5.10 Å². The molecule has 142 valence electrons. The quantitative estimate of drug-likeness (QED) is 0.633. The van der Waals surface area contributed by atoms with Gasteiger partial charge in [0.1, 0.15) is 5.75 Å². The predicted octanol–water partition coefficient (Wildman–Crippen LogP) is 4.19. The lowest BCUT2D eigenvalue weighted by molar-refractivity contribution is 0.0954. The second kappa shape index (κ2) is 7.06. The van der Waals surface area contributed by atoms with Crippen molar-refractivity contribution in [3.05, 3.63) is 58.7 Å². The number of hydrogen-bond acceptors (Lipinski definition) is 4. The first kappa shape index (κ1) is 19.0. The number of benzene rings is 2. The Hall–Kier alpha value is -2.82. The van der Waals surface area contributed by atoms with Crippen molar-refractivity contribution in [2.45, 2.75) is 45.6 Å². The van der Waals surface area contributed by atoms with Crippen LogP contribution in [-0.4, -0.2) is 29.8 Å². The van der Waals surface area contributed by atoms with Crippen LogP contribution in [-0.2, 0) is 0 Å². The molecule has 0 aromatic heterocycles. The van der Waals surface area contributed by atoms with E-state index in [9.17, 15) is 9.90 Å². The maximum absolute atomic E-state index is 12.1. The van der Waals surface area contributed by atoms with E-state index >= 15 is 0 Å².